The molecule has 5 nitrogen and oxygen atoms in total. The first-order valence-corrected chi connectivity index (χ1v) is 6.64. The predicted molar refractivity (Wildman–Crippen MR) is 97.2 cm³/mol. The highest BCUT2D eigenvalue weighted by molar-refractivity contribution is 14.0. The number of nitrogens with two attached hydrogens (primary N) is 1. The predicted octanol–water partition coefficient (Wildman–Crippen LogP) is 1.67. The van der Waals surface area contributed by atoms with Gasteiger partial charge in [-0.15, -0.1) is 24.0 Å². The van der Waals surface area contributed by atoms with Crippen LogP contribution in [0.5, 0.6) is 0 Å². The minimum atomic E-state index is 0. The van der Waals surface area contributed by atoms with Gasteiger partial charge in [0.15, 0.2) is 5.96 Å². The number of rotatable bonds is 5. The molecule has 0 atom stereocenters. The van der Waals surface area contributed by atoms with E-state index in [9.17, 15) is 4.79 Å². The van der Waals surface area contributed by atoms with Gasteiger partial charge in [0.05, 0.1) is 13.0 Å². The topological polar surface area (TPSA) is 70.7 Å². The number of aliphatic imine (C=N–C) groups is 1. The normalized spacial score (nSPS) is 13.7. The summed E-state index contributed by atoms with van der Waals surface area (Å²) in [5.74, 6) is 0.512. The Morgan fingerprint density at radius 3 is 2.90 bits per heavy atom. The van der Waals surface area contributed by atoms with Gasteiger partial charge >= 0.3 is 0 Å². The molecule has 0 saturated carbocycles. The molecule has 114 valence electrons. The van der Waals surface area contributed by atoms with Crippen LogP contribution >= 0.6 is 24.0 Å². The van der Waals surface area contributed by atoms with E-state index in [-0.39, 0.29) is 29.9 Å². The summed E-state index contributed by atoms with van der Waals surface area (Å²) in [4.78, 5) is 17.9. The van der Waals surface area contributed by atoms with E-state index in [0.29, 0.717) is 32.0 Å². The fourth-order valence-corrected chi connectivity index (χ4v) is 2.13. The van der Waals surface area contributed by atoms with Gasteiger partial charge in [0.2, 0.25) is 5.91 Å². The highest BCUT2D eigenvalue weighted by Crippen LogP contribution is 2.27. The number of guanidine groups is 1. The van der Waals surface area contributed by atoms with Crippen LogP contribution in [0.2, 0.25) is 0 Å². The van der Waals surface area contributed by atoms with Crippen molar-refractivity contribution in [3.8, 4) is 0 Å². The van der Waals surface area contributed by atoms with Crippen LogP contribution in [-0.2, 0) is 11.2 Å². The van der Waals surface area contributed by atoms with E-state index in [0.717, 1.165) is 16.8 Å². The zero-order chi connectivity index (χ0) is 14.5. The van der Waals surface area contributed by atoms with Gasteiger partial charge in [-0.05, 0) is 18.6 Å². The van der Waals surface area contributed by atoms with Crippen LogP contribution in [0.3, 0.4) is 0 Å². The van der Waals surface area contributed by atoms with Crippen molar-refractivity contribution >= 4 is 41.5 Å². The number of benzene rings is 1. The van der Waals surface area contributed by atoms with E-state index in [4.69, 9.17) is 5.73 Å². The quantitative estimate of drug-likeness (QED) is 0.342. The maximum Gasteiger partial charge on any atom is 0.231 e. The van der Waals surface area contributed by atoms with Crippen LogP contribution in [0.4, 0.5) is 5.69 Å². The van der Waals surface area contributed by atoms with E-state index in [2.05, 4.69) is 16.9 Å². The molecule has 1 amide bonds. The van der Waals surface area contributed by atoms with Crippen LogP contribution in [0.1, 0.15) is 12.5 Å². The molecule has 0 spiro atoms. The van der Waals surface area contributed by atoms with Gasteiger partial charge in [0.25, 0.3) is 0 Å². The van der Waals surface area contributed by atoms with Crippen molar-refractivity contribution < 1.29 is 4.79 Å². The first-order valence-electron chi connectivity index (χ1n) is 6.64. The number of carbonyl (C=O) groups excluding carboxylic acids is 1. The number of hydrogen-bond donors (Lipinski definition) is 2. The Labute approximate surface area is 142 Å². The van der Waals surface area contributed by atoms with Crippen molar-refractivity contribution in [3.63, 3.8) is 0 Å². The fourth-order valence-electron chi connectivity index (χ4n) is 2.13. The molecule has 6 heteroatoms. The summed E-state index contributed by atoms with van der Waals surface area (Å²) in [6.07, 6.45) is 0.482. The number of hydrogen-bond acceptors (Lipinski definition) is 2. The van der Waals surface area contributed by atoms with Crippen LogP contribution in [-0.4, -0.2) is 31.5 Å². The lowest BCUT2D eigenvalue weighted by molar-refractivity contribution is -0.117. The van der Waals surface area contributed by atoms with E-state index in [1.807, 2.05) is 31.2 Å². The number of nitrogens with zero attached hydrogens (tertiary/aromatic N) is 2. The van der Waals surface area contributed by atoms with E-state index in [1.165, 1.54) is 0 Å². The fraction of sp³-hybridized carbons (Fsp3) is 0.333. The zero-order valence-corrected chi connectivity index (χ0v) is 14.5. The van der Waals surface area contributed by atoms with Crippen molar-refractivity contribution in [2.75, 3.05) is 24.5 Å². The molecule has 0 bridgehead atoms. The van der Waals surface area contributed by atoms with Gasteiger partial charge < -0.3 is 16.0 Å². The van der Waals surface area contributed by atoms with Gasteiger partial charge in [-0.1, -0.05) is 30.4 Å². The molecule has 1 heterocycles. The summed E-state index contributed by atoms with van der Waals surface area (Å²) < 4.78 is 0. The van der Waals surface area contributed by atoms with E-state index < -0.39 is 0 Å². The highest BCUT2D eigenvalue weighted by Gasteiger charge is 2.25. The third-order valence-electron chi connectivity index (χ3n) is 3.09. The average Bonchev–Trinajstić information content (AvgIpc) is 2.73. The molecule has 1 aromatic carbocycles. The molecule has 1 aromatic rings. The molecule has 0 saturated heterocycles. The van der Waals surface area contributed by atoms with Gasteiger partial charge in [-0.3, -0.25) is 4.79 Å². The van der Waals surface area contributed by atoms with Crippen molar-refractivity contribution in [1.29, 1.82) is 0 Å². The highest BCUT2D eigenvalue weighted by atomic mass is 127. The molecule has 0 unspecified atom stereocenters. The van der Waals surface area contributed by atoms with E-state index >= 15 is 0 Å². The average molecular weight is 400 g/mol. The van der Waals surface area contributed by atoms with Crippen molar-refractivity contribution in [2.45, 2.75) is 13.3 Å². The number of halogens is 1. The van der Waals surface area contributed by atoms with Crippen LogP contribution in [0.15, 0.2) is 41.4 Å². The third-order valence-corrected chi connectivity index (χ3v) is 3.09. The number of carbonyl (C=O) groups is 1. The number of nitrogens with one attached hydrogen (secondary N) is 1. The van der Waals surface area contributed by atoms with Crippen molar-refractivity contribution in [2.24, 2.45) is 10.7 Å². The second-order valence-electron chi connectivity index (χ2n) is 4.94. The Hall–Kier alpha value is -1.57. The van der Waals surface area contributed by atoms with Crippen LogP contribution in [0.25, 0.3) is 0 Å². The van der Waals surface area contributed by atoms with Gasteiger partial charge in [0, 0.05) is 18.8 Å². The Morgan fingerprint density at radius 2 is 2.19 bits per heavy atom. The second kappa shape index (κ2) is 8.02. The summed E-state index contributed by atoms with van der Waals surface area (Å²) in [5, 5.41) is 3.01. The van der Waals surface area contributed by atoms with Gasteiger partial charge in [-0.2, -0.15) is 0 Å². The van der Waals surface area contributed by atoms with E-state index in [1.54, 1.807) is 4.90 Å². The first-order chi connectivity index (χ1) is 9.58. The van der Waals surface area contributed by atoms with Crippen molar-refractivity contribution in [3.05, 3.63) is 42.0 Å². The molecule has 1 aliphatic heterocycles. The molecule has 1 aliphatic rings. The molecular weight excluding hydrogens is 379 g/mol. The lowest BCUT2D eigenvalue weighted by atomic mass is 10.2. The monoisotopic (exact) mass is 400 g/mol. The van der Waals surface area contributed by atoms with Gasteiger partial charge in [0.1, 0.15) is 0 Å². The summed E-state index contributed by atoms with van der Waals surface area (Å²) in [6.45, 7) is 7.34. The largest absolute Gasteiger partial charge is 0.370 e. The second-order valence-corrected chi connectivity index (χ2v) is 4.94. The maximum absolute atomic E-state index is 11.9. The molecule has 0 aliphatic carbocycles. The summed E-state index contributed by atoms with van der Waals surface area (Å²) in [5.41, 5.74) is 8.77. The molecule has 2 rings (SSSR count). The summed E-state index contributed by atoms with van der Waals surface area (Å²) in [6, 6.07) is 7.86. The molecule has 0 fully saturated rings. The van der Waals surface area contributed by atoms with Gasteiger partial charge in [-0.25, -0.2) is 4.99 Å². The molecule has 0 aromatic heterocycles. The minimum Gasteiger partial charge on any atom is -0.370 e. The first kappa shape index (κ1) is 17.5. The molecule has 0 radical (unpaired) electrons. The summed E-state index contributed by atoms with van der Waals surface area (Å²) >= 11 is 0. The summed E-state index contributed by atoms with van der Waals surface area (Å²) in [7, 11) is 0. The molecule has 3 N–H and O–H groups in total. The molecular formula is C15H21IN4O. The maximum atomic E-state index is 11.9. The standard InChI is InChI=1S/C15H20N4O.HI/c1-11(2)10-18-15(16)17-7-8-19-13-6-4-3-5-12(13)9-14(19)20;/h3-6H,1,7-10H2,2H3,(H3,16,17,18);1H. The Kier molecular flexibility index (Phi) is 6.67. The smallest absolute Gasteiger partial charge is 0.231 e. The Morgan fingerprint density at radius 1 is 1.48 bits per heavy atom. The third kappa shape index (κ3) is 4.73. The number of anilines is 1. The Bertz CT molecular complexity index is 556. The number of fused-ring (bicyclic) bond motifs is 1. The van der Waals surface area contributed by atoms with Crippen LogP contribution < -0.4 is 16.0 Å². The van der Waals surface area contributed by atoms with Crippen molar-refractivity contribution in [1.82, 2.24) is 5.32 Å². The Balaban J connectivity index is 0.00000220. The minimum absolute atomic E-state index is 0. The number of amides is 1. The lowest BCUT2D eigenvalue weighted by Crippen LogP contribution is -2.39. The molecule has 21 heavy (non-hydrogen) atoms. The number of para-hydroxylation sites is 1. The zero-order valence-electron chi connectivity index (χ0n) is 12.1. The van der Waals surface area contributed by atoms with Crippen LogP contribution in [0, 0.1) is 0 Å². The SMILES string of the molecule is C=C(C)CN=C(N)NCCN1C(=O)Cc2ccccc21.I. The lowest BCUT2D eigenvalue weighted by Gasteiger charge is -2.17.